The summed E-state index contributed by atoms with van der Waals surface area (Å²) < 4.78 is 5.63. The quantitative estimate of drug-likeness (QED) is 0.713. The molecule has 0 amide bonds. The first-order valence-corrected chi connectivity index (χ1v) is 6.15. The van der Waals surface area contributed by atoms with E-state index in [2.05, 4.69) is 6.92 Å². The Balaban J connectivity index is 2.33. The van der Waals surface area contributed by atoms with Gasteiger partial charge in [-0.3, -0.25) is 0 Å². The van der Waals surface area contributed by atoms with Crippen LogP contribution in [-0.2, 0) is 0 Å². The van der Waals surface area contributed by atoms with E-state index >= 15 is 0 Å². The molecule has 1 N–H and O–H groups in total. The zero-order valence-corrected chi connectivity index (χ0v) is 10.3. The Morgan fingerprint density at radius 1 is 1.25 bits per heavy atom. The molecule has 0 saturated heterocycles. The molecule has 0 bridgehead atoms. The van der Waals surface area contributed by atoms with E-state index in [1.54, 1.807) is 6.92 Å². The van der Waals surface area contributed by atoms with Gasteiger partial charge in [0, 0.05) is 0 Å². The Kier molecular flexibility index (Phi) is 5.94. The van der Waals surface area contributed by atoms with Gasteiger partial charge in [0.25, 0.3) is 0 Å². The van der Waals surface area contributed by atoms with E-state index in [1.807, 2.05) is 24.3 Å². The maximum absolute atomic E-state index is 9.43. The monoisotopic (exact) mass is 222 g/mol. The Labute approximate surface area is 98.3 Å². The summed E-state index contributed by atoms with van der Waals surface area (Å²) in [5, 5.41) is 9.43. The minimum atomic E-state index is -0.427. The largest absolute Gasteiger partial charge is 0.494 e. The molecule has 1 rings (SSSR count). The summed E-state index contributed by atoms with van der Waals surface area (Å²) in [7, 11) is 0. The summed E-state index contributed by atoms with van der Waals surface area (Å²) in [5.74, 6) is 0.856. The number of benzene rings is 1. The molecular weight excluding hydrogens is 200 g/mol. The molecule has 0 saturated carbocycles. The number of hydrogen-bond donors (Lipinski definition) is 1. The lowest BCUT2D eigenvalue weighted by Crippen LogP contribution is -1.98. The number of hydrogen-bond acceptors (Lipinski definition) is 2. The molecule has 0 aliphatic heterocycles. The third-order valence-electron chi connectivity index (χ3n) is 2.61. The van der Waals surface area contributed by atoms with Crippen molar-refractivity contribution in [1.29, 1.82) is 0 Å². The zero-order chi connectivity index (χ0) is 11.8. The average molecular weight is 222 g/mol. The summed E-state index contributed by atoms with van der Waals surface area (Å²) in [6.45, 7) is 4.73. The second-order valence-electron chi connectivity index (χ2n) is 4.16. The minimum absolute atomic E-state index is 0.427. The van der Waals surface area contributed by atoms with Gasteiger partial charge in [-0.15, -0.1) is 0 Å². The lowest BCUT2D eigenvalue weighted by molar-refractivity contribution is 0.198. The first kappa shape index (κ1) is 13.0. The average Bonchev–Trinajstić information content (AvgIpc) is 2.29. The van der Waals surface area contributed by atoms with Gasteiger partial charge in [-0.2, -0.15) is 0 Å². The first-order valence-electron chi connectivity index (χ1n) is 6.15. The molecule has 1 atom stereocenters. The van der Waals surface area contributed by atoms with Gasteiger partial charge < -0.3 is 9.84 Å². The normalized spacial score (nSPS) is 12.4. The van der Waals surface area contributed by atoms with E-state index in [1.165, 1.54) is 19.3 Å². The van der Waals surface area contributed by atoms with Crippen molar-refractivity contribution in [1.82, 2.24) is 0 Å². The van der Waals surface area contributed by atoms with E-state index < -0.39 is 6.10 Å². The van der Waals surface area contributed by atoms with Crippen LogP contribution in [0.3, 0.4) is 0 Å². The van der Waals surface area contributed by atoms with Crippen LogP contribution in [0.5, 0.6) is 5.75 Å². The van der Waals surface area contributed by atoms with Crippen molar-refractivity contribution in [2.75, 3.05) is 6.61 Å². The Bertz CT molecular complexity index is 295. The van der Waals surface area contributed by atoms with Crippen LogP contribution in [0.1, 0.15) is 51.2 Å². The fraction of sp³-hybridized carbons (Fsp3) is 0.571. The highest BCUT2D eigenvalue weighted by molar-refractivity contribution is 5.29. The van der Waals surface area contributed by atoms with Gasteiger partial charge in [-0.05, 0) is 31.0 Å². The molecule has 0 aliphatic rings. The summed E-state index contributed by atoms with van der Waals surface area (Å²) in [4.78, 5) is 0. The van der Waals surface area contributed by atoms with Gasteiger partial charge in [0.15, 0.2) is 0 Å². The molecule has 0 unspecified atom stereocenters. The van der Waals surface area contributed by atoms with Crippen LogP contribution in [0, 0.1) is 0 Å². The topological polar surface area (TPSA) is 29.5 Å². The lowest BCUT2D eigenvalue weighted by Gasteiger charge is -2.09. The van der Waals surface area contributed by atoms with E-state index in [-0.39, 0.29) is 0 Å². The SMILES string of the molecule is CCCCCCOc1cccc([C@@H](C)O)c1. The fourth-order valence-corrected chi connectivity index (χ4v) is 1.58. The van der Waals surface area contributed by atoms with Gasteiger partial charge >= 0.3 is 0 Å². The molecule has 2 nitrogen and oxygen atoms in total. The second kappa shape index (κ2) is 7.29. The molecule has 0 aliphatic carbocycles. The van der Waals surface area contributed by atoms with Gasteiger partial charge in [0.2, 0.25) is 0 Å². The standard InChI is InChI=1S/C14H22O2/c1-3-4-5-6-10-16-14-9-7-8-13(11-14)12(2)15/h7-9,11-12,15H,3-6,10H2,1-2H3/t12-/m1/s1. The van der Waals surface area contributed by atoms with Crippen LogP contribution in [-0.4, -0.2) is 11.7 Å². The highest BCUT2D eigenvalue weighted by Gasteiger charge is 2.01. The highest BCUT2D eigenvalue weighted by Crippen LogP contribution is 2.19. The van der Waals surface area contributed by atoms with Crippen LogP contribution in [0.2, 0.25) is 0 Å². The summed E-state index contributed by atoms with van der Waals surface area (Å²) in [5.41, 5.74) is 0.908. The van der Waals surface area contributed by atoms with Crippen molar-refractivity contribution in [2.24, 2.45) is 0 Å². The number of rotatable bonds is 7. The van der Waals surface area contributed by atoms with Crippen LogP contribution < -0.4 is 4.74 Å². The second-order valence-corrected chi connectivity index (χ2v) is 4.16. The Hall–Kier alpha value is -1.02. The van der Waals surface area contributed by atoms with Crippen molar-refractivity contribution in [3.05, 3.63) is 29.8 Å². The van der Waals surface area contributed by atoms with Crippen molar-refractivity contribution >= 4 is 0 Å². The maximum Gasteiger partial charge on any atom is 0.119 e. The molecule has 0 spiro atoms. The molecule has 0 aromatic heterocycles. The summed E-state index contributed by atoms with van der Waals surface area (Å²) in [6.07, 6.45) is 4.43. The highest BCUT2D eigenvalue weighted by atomic mass is 16.5. The van der Waals surface area contributed by atoms with Crippen LogP contribution in [0.4, 0.5) is 0 Å². The third kappa shape index (κ3) is 4.67. The molecule has 90 valence electrons. The zero-order valence-electron chi connectivity index (χ0n) is 10.3. The van der Waals surface area contributed by atoms with Crippen molar-refractivity contribution in [3.63, 3.8) is 0 Å². The maximum atomic E-state index is 9.43. The molecule has 0 radical (unpaired) electrons. The molecule has 0 fully saturated rings. The van der Waals surface area contributed by atoms with Crippen molar-refractivity contribution in [3.8, 4) is 5.75 Å². The predicted molar refractivity (Wildman–Crippen MR) is 66.7 cm³/mol. The van der Waals surface area contributed by atoms with Gasteiger partial charge in [0.1, 0.15) is 5.75 Å². The molecular formula is C14H22O2. The number of aliphatic hydroxyl groups excluding tert-OH is 1. The minimum Gasteiger partial charge on any atom is -0.494 e. The van der Waals surface area contributed by atoms with Crippen LogP contribution in [0.15, 0.2) is 24.3 Å². The summed E-state index contributed by atoms with van der Waals surface area (Å²) >= 11 is 0. The molecule has 2 heteroatoms. The van der Waals surface area contributed by atoms with E-state index in [0.717, 1.165) is 24.3 Å². The lowest BCUT2D eigenvalue weighted by atomic mass is 10.1. The Morgan fingerprint density at radius 2 is 2.06 bits per heavy atom. The smallest absolute Gasteiger partial charge is 0.119 e. The fourth-order valence-electron chi connectivity index (χ4n) is 1.58. The number of unbranched alkanes of at least 4 members (excludes halogenated alkanes) is 3. The number of ether oxygens (including phenoxy) is 1. The predicted octanol–water partition coefficient (Wildman–Crippen LogP) is 3.70. The van der Waals surface area contributed by atoms with Gasteiger partial charge in [-0.25, -0.2) is 0 Å². The van der Waals surface area contributed by atoms with Gasteiger partial charge in [-0.1, -0.05) is 38.3 Å². The van der Waals surface area contributed by atoms with Crippen LogP contribution >= 0.6 is 0 Å². The molecule has 1 aromatic rings. The first-order chi connectivity index (χ1) is 7.74. The Morgan fingerprint density at radius 3 is 2.75 bits per heavy atom. The van der Waals surface area contributed by atoms with E-state index in [0.29, 0.717) is 0 Å². The van der Waals surface area contributed by atoms with Gasteiger partial charge in [0.05, 0.1) is 12.7 Å². The van der Waals surface area contributed by atoms with Crippen molar-refractivity contribution in [2.45, 2.75) is 45.6 Å². The van der Waals surface area contributed by atoms with E-state index in [9.17, 15) is 5.11 Å². The molecule has 16 heavy (non-hydrogen) atoms. The molecule has 0 heterocycles. The van der Waals surface area contributed by atoms with E-state index in [4.69, 9.17) is 4.74 Å². The van der Waals surface area contributed by atoms with Crippen LogP contribution in [0.25, 0.3) is 0 Å². The third-order valence-corrected chi connectivity index (χ3v) is 2.61. The van der Waals surface area contributed by atoms with Crippen molar-refractivity contribution < 1.29 is 9.84 Å². The number of aliphatic hydroxyl groups is 1. The summed E-state index contributed by atoms with van der Waals surface area (Å²) in [6, 6.07) is 7.67. The molecule has 1 aromatic carbocycles.